The molecule has 2 aromatic rings. The summed E-state index contributed by atoms with van der Waals surface area (Å²) < 4.78 is 15.7. The smallest absolute Gasteiger partial charge is 0.262 e. The van der Waals surface area contributed by atoms with Crippen molar-refractivity contribution in [2.45, 2.75) is 32.8 Å². The first kappa shape index (κ1) is 14.8. The molecule has 1 aliphatic heterocycles. The van der Waals surface area contributed by atoms with Crippen molar-refractivity contribution in [3.05, 3.63) is 35.5 Å². The van der Waals surface area contributed by atoms with Crippen LogP contribution in [0.4, 0.5) is 5.00 Å². The molecule has 0 fully saturated rings. The molecule has 6 heteroatoms. The summed E-state index contributed by atoms with van der Waals surface area (Å²) in [6, 6.07) is 7.60. The van der Waals surface area contributed by atoms with Crippen LogP contribution in [-0.4, -0.2) is 22.5 Å². The number of amides is 1. The Morgan fingerprint density at radius 2 is 2.32 bits per heavy atom. The Morgan fingerprint density at radius 1 is 1.50 bits per heavy atom. The average Bonchev–Trinajstić information content (AvgIpc) is 2.97. The topological polar surface area (TPSA) is 60.5 Å². The lowest BCUT2D eigenvalue weighted by Gasteiger charge is -2.18. The van der Waals surface area contributed by atoms with Crippen LogP contribution < -0.4 is 14.8 Å². The number of carbonyl (C=O) groups excluding carboxylic acids is 1. The number of aromatic nitrogens is 1. The van der Waals surface area contributed by atoms with E-state index in [1.807, 2.05) is 45.0 Å². The Balaban J connectivity index is 1.63. The largest absolute Gasteiger partial charge is 0.483 e. The quantitative estimate of drug-likeness (QED) is 0.940. The Kier molecular flexibility index (Phi) is 3.78. The number of benzene rings is 1. The number of nitrogens with one attached hydrogen (secondary N) is 1. The molecule has 116 valence electrons. The van der Waals surface area contributed by atoms with Crippen LogP contribution in [0, 0.1) is 6.92 Å². The molecule has 1 N–H and O–H groups in total. The number of para-hydroxylation sites is 1. The number of hydrogen-bond donors (Lipinski definition) is 1. The molecule has 3 rings (SSSR count). The van der Waals surface area contributed by atoms with Crippen LogP contribution in [0.1, 0.15) is 25.1 Å². The van der Waals surface area contributed by atoms with Gasteiger partial charge in [0.15, 0.2) is 18.1 Å². The fourth-order valence-corrected chi connectivity index (χ4v) is 3.12. The van der Waals surface area contributed by atoms with E-state index < -0.39 is 0 Å². The Bertz CT molecular complexity index is 709. The summed E-state index contributed by atoms with van der Waals surface area (Å²) in [4.78, 5) is 11.9. The van der Waals surface area contributed by atoms with Gasteiger partial charge in [0.2, 0.25) is 0 Å². The molecule has 0 bridgehead atoms. The first-order valence-electron chi connectivity index (χ1n) is 7.10. The van der Waals surface area contributed by atoms with Crippen molar-refractivity contribution >= 4 is 22.4 Å². The number of nitrogens with zero attached hydrogens (tertiary/aromatic N) is 1. The Labute approximate surface area is 133 Å². The third-order valence-corrected chi connectivity index (χ3v) is 4.10. The monoisotopic (exact) mass is 318 g/mol. The molecule has 1 aromatic heterocycles. The predicted molar refractivity (Wildman–Crippen MR) is 85.8 cm³/mol. The fraction of sp³-hybridized carbons (Fsp3) is 0.375. The van der Waals surface area contributed by atoms with Crippen LogP contribution in [0.5, 0.6) is 11.5 Å². The van der Waals surface area contributed by atoms with E-state index in [-0.39, 0.29) is 18.1 Å². The van der Waals surface area contributed by atoms with E-state index in [0.717, 1.165) is 28.4 Å². The van der Waals surface area contributed by atoms with E-state index in [4.69, 9.17) is 9.47 Å². The summed E-state index contributed by atoms with van der Waals surface area (Å²) in [5.74, 6) is 1.14. The van der Waals surface area contributed by atoms with Crippen LogP contribution in [-0.2, 0) is 11.2 Å². The highest BCUT2D eigenvalue weighted by atomic mass is 32.1. The van der Waals surface area contributed by atoms with Crippen molar-refractivity contribution in [3.8, 4) is 11.5 Å². The van der Waals surface area contributed by atoms with Gasteiger partial charge in [-0.3, -0.25) is 4.79 Å². The summed E-state index contributed by atoms with van der Waals surface area (Å²) in [5, 5.41) is 3.49. The molecule has 0 saturated carbocycles. The van der Waals surface area contributed by atoms with Gasteiger partial charge in [0, 0.05) is 12.0 Å². The van der Waals surface area contributed by atoms with Crippen molar-refractivity contribution in [2.24, 2.45) is 0 Å². The van der Waals surface area contributed by atoms with Gasteiger partial charge in [-0.25, -0.2) is 0 Å². The van der Waals surface area contributed by atoms with E-state index in [1.165, 1.54) is 11.5 Å². The third-order valence-electron chi connectivity index (χ3n) is 3.30. The van der Waals surface area contributed by atoms with Gasteiger partial charge in [-0.15, -0.1) is 0 Å². The molecule has 0 radical (unpaired) electrons. The van der Waals surface area contributed by atoms with Crippen LogP contribution in [0.25, 0.3) is 0 Å². The first-order valence-corrected chi connectivity index (χ1v) is 7.87. The van der Waals surface area contributed by atoms with E-state index in [2.05, 4.69) is 9.69 Å². The number of carbonyl (C=O) groups is 1. The van der Waals surface area contributed by atoms with E-state index >= 15 is 0 Å². The molecule has 1 aromatic carbocycles. The van der Waals surface area contributed by atoms with Crippen molar-refractivity contribution < 1.29 is 14.3 Å². The Hall–Kier alpha value is -2.08. The molecular formula is C16H18N2O3S. The van der Waals surface area contributed by atoms with Gasteiger partial charge in [-0.2, -0.15) is 4.37 Å². The van der Waals surface area contributed by atoms with Crippen LogP contribution in [0.15, 0.2) is 24.3 Å². The first-order chi connectivity index (χ1) is 10.4. The molecule has 1 amide bonds. The van der Waals surface area contributed by atoms with Gasteiger partial charge < -0.3 is 14.8 Å². The molecule has 1 aliphatic rings. The maximum atomic E-state index is 11.9. The maximum absolute atomic E-state index is 11.9. The Morgan fingerprint density at radius 3 is 3.05 bits per heavy atom. The zero-order valence-corrected chi connectivity index (χ0v) is 13.6. The molecule has 22 heavy (non-hydrogen) atoms. The van der Waals surface area contributed by atoms with Gasteiger partial charge in [-0.1, -0.05) is 12.1 Å². The zero-order chi connectivity index (χ0) is 15.7. The molecular weight excluding hydrogens is 300 g/mol. The second-order valence-electron chi connectivity index (χ2n) is 5.95. The number of aryl methyl sites for hydroxylation is 1. The highest BCUT2D eigenvalue weighted by molar-refractivity contribution is 7.10. The van der Waals surface area contributed by atoms with Gasteiger partial charge in [0.1, 0.15) is 10.6 Å². The lowest BCUT2D eigenvalue weighted by molar-refractivity contribution is -0.118. The zero-order valence-electron chi connectivity index (χ0n) is 12.8. The predicted octanol–water partition coefficient (Wildman–Crippen LogP) is 3.18. The highest BCUT2D eigenvalue weighted by Crippen LogP contribution is 2.41. The fourth-order valence-electron chi connectivity index (χ4n) is 2.44. The average molecular weight is 318 g/mol. The van der Waals surface area contributed by atoms with Crippen LogP contribution in [0.3, 0.4) is 0 Å². The van der Waals surface area contributed by atoms with Gasteiger partial charge >= 0.3 is 0 Å². The number of anilines is 1. The molecule has 0 spiro atoms. The SMILES string of the molecule is Cc1cc(NC(=O)COc2cccc3c2OC(C)(C)C3)sn1. The minimum atomic E-state index is -0.232. The normalized spacial score (nSPS) is 15.0. The summed E-state index contributed by atoms with van der Waals surface area (Å²) >= 11 is 1.26. The third kappa shape index (κ3) is 3.22. The number of hydrogen-bond acceptors (Lipinski definition) is 5. The minimum Gasteiger partial charge on any atom is -0.483 e. The molecule has 2 heterocycles. The standard InChI is InChI=1S/C16H18N2O3S/c1-10-7-14(22-18-10)17-13(19)9-20-12-6-4-5-11-8-16(2,3)21-15(11)12/h4-7H,8-9H2,1-3H3,(H,17,19). The lowest BCUT2D eigenvalue weighted by atomic mass is 10.0. The highest BCUT2D eigenvalue weighted by Gasteiger charge is 2.32. The van der Waals surface area contributed by atoms with E-state index in [0.29, 0.717) is 5.75 Å². The van der Waals surface area contributed by atoms with Gasteiger partial charge in [0.05, 0.1) is 5.69 Å². The summed E-state index contributed by atoms with van der Waals surface area (Å²) in [5.41, 5.74) is 1.77. The minimum absolute atomic E-state index is 0.0583. The molecule has 5 nitrogen and oxygen atoms in total. The van der Waals surface area contributed by atoms with Crippen molar-refractivity contribution in [1.82, 2.24) is 4.37 Å². The van der Waals surface area contributed by atoms with Crippen LogP contribution in [0.2, 0.25) is 0 Å². The van der Waals surface area contributed by atoms with Crippen molar-refractivity contribution in [3.63, 3.8) is 0 Å². The number of fused-ring (bicyclic) bond motifs is 1. The number of rotatable bonds is 4. The second-order valence-corrected chi connectivity index (χ2v) is 6.76. The number of ether oxygens (including phenoxy) is 2. The summed E-state index contributed by atoms with van der Waals surface area (Å²) in [7, 11) is 0. The second kappa shape index (κ2) is 5.61. The molecule has 0 saturated heterocycles. The van der Waals surface area contributed by atoms with Crippen molar-refractivity contribution in [2.75, 3.05) is 11.9 Å². The molecule has 0 unspecified atom stereocenters. The van der Waals surface area contributed by atoms with E-state index in [1.54, 1.807) is 0 Å². The van der Waals surface area contributed by atoms with Gasteiger partial charge in [-0.05, 0) is 44.4 Å². The van der Waals surface area contributed by atoms with Gasteiger partial charge in [0.25, 0.3) is 5.91 Å². The van der Waals surface area contributed by atoms with Crippen molar-refractivity contribution in [1.29, 1.82) is 0 Å². The lowest BCUT2D eigenvalue weighted by Crippen LogP contribution is -2.25. The van der Waals surface area contributed by atoms with Crippen LogP contribution >= 0.6 is 11.5 Å². The maximum Gasteiger partial charge on any atom is 0.262 e. The molecule has 0 atom stereocenters. The summed E-state index contributed by atoms with van der Waals surface area (Å²) in [6.07, 6.45) is 0.839. The summed E-state index contributed by atoms with van der Waals surface area (Å²) in [6.45, 7) is 5.90. The molecule has 0 aliphatic carbocycles. The van der Waals surface area contributed by atoms with E-state index in [9.17, 15) is 4.79 Å².